The van der Waals surface area contributed by atoms with Crippen LogP contribution in [0.1, 0.15) is 31.4 Å². The molecular formula is C14H22N2. The Morgan fingerprint density at radius 1 is 1.38 bits per heavy atom. The SMILES string of the molecule is CC(C)N1CCCc2ccc(CCN)cc21. The zero-order valence-electron chi connectivity index (χ0n) is 10.4. The zero-order valence-corrected chi connectivity index (χ0v) is 10.4. The Morgan fingerprint density at radius 3 is 2.88 bits per heavy atom. The van der Waals surface area contributed by atoms with Crippen LogP contribution in [0.15, 0.2) is 18.2 Å². The predicted molar refractivity (Wildman–Crippen MR) is 70.0 cm³/mol. The number of hydrogen-bond donors (Lipinski definition) is 1. The monoisotopic (exact) mass is 218 g/mol. The van der Waals surface area contributed by atoms with Crippen LogP contribution in [-0.4, -0.2) is 19.1 Å². The topological polar surface area (TPSA) is 29.3 Å². The summed E-state index contributed by atoms with van der Waals surface area (Å²) in [5.74, 6) is 0. The summed E-state index contributed by atoms with van der Waals surface area (Å²) >= 11 is 0. The van der Waals surface area contributed by atoms with Gasteiger partial charge in [-0.25, -0.2) is 0 Å². The minimum Gasteiger partial charge on any atom is -0.369 e. The molecule has 88 valence electrons. The molecule has 1 aromatic carbocycles. The van der Waals surface area contributed by atoms with Crippen LogP contribution >= 0.6 is 0 Å². The first kappa shape index (κ1) is 11.5. The lowest BCUT2D eigenvalue weighted by Crippen LogP contribution is -2.35. The molecule has 0 amide bonds. The molecule has 1 aromatic rings. The van der Waals surface area contributed by atoms with Crippen LogP contribution in [0.3, 0.4) is 0 Å². The Balaban J connectivity index is 2.32. The molecule has 16 heavy (non-hydrogen) atoms. The Morgan fingerprint density at radius 2 is 2.19 bits per heavy atom. The van der Waals surface area contributed by atoms with Crippen LogP contribution in [0.25, 0.3) is 0 Å². The van der Waals surface area contributed by atoms with Gasteiger partial charge in [0.15, 0.2) is 0 Å². The largest absolute Gasteiger partial charge is 0.369 e. The van der Waals surface area contributed by atoms with Gasteiger partial charge in [-0.1, -0.05) is 12.1 Å². The highest BCUT2D eigenvalue weighted by Gasteiger charge is 2.18. The van der Waals surface area contributed by atoms with Gasteiger partial charge in [-0.05, 0) is 56.8 Å². The maximum atomic E-state index is 5.62. The number of hydrogen-bond acceptors (Lipinski definition) is 2. The first-order valence-electron chi connectivity index (χ1n) is 6.31. The highest BCUT2D eigenvalue weighted by Crippen LogP contribution is 2.29. The molecule has 0 spiro atoms. The van der Waals surface area contributed by atoms with E-state index in [1.54, 1.807) is 0 Å². The summed E-state index contributed by atoms with van der Waals surface area (Å²) in [6.45, 7) is 6.46. The lowest BCUT2D eigenvalue weighted by molar-refractivity contribution is 0.625. The molecule has 2 rings (SSSR count). The third kappa shape index (κ3) is 2.22. The van der Waals surface area contributed by atoms with Gasteiger partial charge < -0.3 is 10.6 Å². The predicted octanol–water partition coefficient (Wildman–Crippen LogP) is 2.35. The van der Waals surface area contributed by atoms with Gasteiger partial charge in [-0.2, -0.15) is 0 Å². The van der Waals surface area contributed by atoms with Crippen LogP contribution in [0.5, 0.6) is 0 Å². The summed E-state index contributed by atoms with van der Waals surface area (Å²) in [5, 5.41) is 0. The summed E-state index contributed by atoms with van der Waals surface area (Å²) < 4.78 is 0. The van der Waals surface area contributed by atoms with Crippen LogP contribution in [0, 0.1) is 0 Å². The highest BCUT2D eigenvalue weighted by atomic mass is 15.2. The van der Waals surface area contributed by atoms with Gasteiger partial charge >= 0.3 is 0 Å². The minimum atomic E-state index is 0.590. The molecule has 2 nitrogen and oxygen atoms in total. The maximum absolute atomic E-state index is 5.62. The number of nitrogens with two attached hydrogens (primary N) is 1. The molecule has 0 radical (unpaired) electrons. The van der Waals surface area contributed by atoms with Crippen molar-refractivity contribution in [2.75, 3.05) is 18.0 Å². The zero-order chi connectivity index (χ0) is 11.5. The second-order valence-corrected chi connectivity index (χ2v) is 4.89. The average Bonchev–Trinajstić information content (AvgIpc) is 2.28. The van der Waals surface area contributed by atoms with E-state index in [0.717, 1.165) is 13.0 Å². The van der Waals surface area contributed by atoms with Crippen molar-refractivity contribution in [2.24, 2.45) is 5.73 Å². The molecule has 1 aliphatic heterocycles. The van der Waals surface area contributed by atoms with E-state index >= 15 is 0 Å². The van der Waals surface area contributed by atoms with Crippen LogP contribution < -0.4 is 10.6 Å². The standard InChI is InChI=1S/C14H22N2/c1-11(2)16-9-3-4-13-6-5-12(7-8-15)10-14(13)16/h5-6,10-11H,3-4,7-9,15H2,1-2H3. The van der Waals surface area contributed by atoms with Crippen molar-refractivity contribution >= 4 is 5.69 Å². The molecule has 0 saturated carbocycles. The lowest BCUT2D eigenvalue weighted by Gasteiger charge is -2.35. The van der Waals surface area contributed by atoms with E-state index in [0.29, 0.717) is 6.04 Å². The normalized spacial score (nSPS) is 15.4. The molecule has 0 aromatic heterocycles. The molecule has 1 aliphatic rings. The fourth-order valence-corrected chi connectivity index (χ4v) is 2.51. The Hall–Kier alpha value is -1.02. The molecule has 0 saturated heterocycles. The van der Waals surface area contributed by atoms with E-state index in [-0.39, 0.29) is 0 Å². The first-order chi connectivity index (χ1) is 7.72. The third-order valence-corrected chi connectivity index (χ3v) is 3.36. The Kier molecular flexibility index (Phi) is 3.49. The van der Waals surface area contributed by atoms with E-state index in [9.17, 15) is 0 Å². The summed E-state index contributed by atoms with van der Waals surface area (Å²) in [6, 6.07) is 7.44. The maximum Gasteiger partial charge on any atom is 0.0403 e. The average molecular weight is 218 g/mol. The van der Waals surface area contributed by atoms with E-state index < -0.39 is 0 Å². The number of rotatable bonds is 3. The number of benzene rings is 1. The van der Waals surface area contributed by atoms with Crippen molar-refractivity contribution in [3.05, 3.63) is 29.3 Å². The van der Waals surface area contributed by atoms with Crippen LogP contribution in [0.4, 0.5) is 5.69 Å². The van der Waals surface area contributed by atoms with E-state index in [1.807, 2.05) is 0 Å². The summed E-state index contributed by atoms with van der Waals surface area (Å²) in [6.07, 6.45) is 3.49. The second-order valence-electron chi connectivity index (χ2n) is 4.89. The Labute approximate surface area is 98.4 Å². The van der Waals surface area contributed by atoms with Crippen molar-refractivity contribution < 1.29 is 0 Å². The van der Waals surface area contributed by atoms with Gasteiger partial charge in [-0.15, -0.1) is 0 Å². The Bertz CT molecular complexity index is 358. The van der Waals surface area contributed by atoms with E-state index in [4.69, 9.17) is 5.73 Å². The molecule has 1 heterocycles. The van der Waals surface area contributed by atoms with Gasteiger partial charge in [0.05, 0.1) is 0 Å². The van der Waals surface area contributed by atoms with Crippen molar-refractivity contribution in [3.8, 4) is 0 Å². The molecule has 0 unspecified atom stereocenters. The third-order valence-electron chi connectivity index (χ3n) is 3.36. The molecular weight excluding hydrogens is 196 g/mol. The van der Waals surface area contributed by atoms with Crippen molar-refractivity contribution in [1.82, 2.24) is 0 Å². The molecule has 2 heteroatoms. The second kappa shape index (κ2) is 4.88. The number of aryl methyl sites for hydroxylation is 1. The molecule has 0 atom stereocenters. The fourth-order valence-electron chi connectivity index (χ4n) is 2.51. The summed E-state index contributed by atoms with van der Waals surface area (Å²) in [7, 11) is 0. The minimum absolute atomic E-state index is 0.590. The summed E-state index contributed by atoms with van der Waals surface area (Å²) in [4.78, 5) is 2.51. The van der Waals surface area contributed by atoms with Crippen LogP contribution in [-0.2, 0) is 12.8 Å². The van der Waals surface area contributed by atoms with Gasteiger partial charge in [0.2, 0.25) is 0 Å². The highest BCUT2D eigenvalue weighted by molar-refractivity contribution is 5.57. The quantitative estimate of drug-likeness (QED) is 0.844. The van der Waals surface area contributed by atoms with Crippen molar-refractivity contribution in [3.63, 3.8) is 0 Å². The van der Waals surface area contributed by atoms with E-state index in [1.165, 1.54) is 36.2 Å². The molecule has 2 N–H and O–H groups in total. The molecule has 0 fully saturated rings. The number of fused-ring (bicyclic) bond motifs is 1. The van der Waals surface area contributed by atoms with Gasteiger partial charge in [0.25, 0.3) is 0 Å². The number of nitrogens with zero attached hydrogens (tertiary/aromatic N) is 1. The van der Waals surface area contributed by atoms with Gasteiger partial charge in [0, 0.05) is 18.3 Å². The molecule has 0 aliphatic carbocycles. The summed E-state index contributed by atoms with van der Waals surface area (Å²) in [5.41, 5.74) is 9.92. The van der Waals surface area contributed by atoms with Crippen molar-refractivity contribution in [2.45, 2.75) is 39.2 Å². The van der Waals surface area contributed by atoms with Gasteiger partial charge in [0.1, 0.15) is 0 Å². The van der Waals surface area contributed by atoms with E-state index in [2.05, 4.69) is 36.9 Å². The first-order valence-corrected chi connectivity index (χ1v) is 6.31. The smallest absolute Gasteiger partial charge is 0.0403 e. The van der Waals surface area contributed by atoms with Gasteiger partial charge in [-0.3, -0.25) is 0 Å². The van der Waals surface area contributed by atoms with Crippen molar-refractivity contribution in [1.29, 1.82) is 0 Å². The number of anilines is 1. The fraction of sp³-hybridized carbons (Fsp3) is 0.571. The molecule has 0 bridgehead atoms. The lowest BCUT2D eigenvalue weighted by atomic mass is 9.97. The van der Waals surface area contributed by atoms with Crippen LogP contribution in [0.2, 0.25) is 0 Å².